The molecule has 5 heteroatoms. The number of imidazole rings is 1. The summed E-state index contributed by atoms with van der Waals surface area (Å²) in [4.78, 5) is 6.85. The Balaban J connectivity index is 2.23. The lowest BCUT2D eigenvalue weighted by Gasteiger charge is -2.29. The minimum atomic E-state index is -0.398. The molecule has 0 aliphatic carbocycles. The Bertz CT molecular complexity index is 554. The molecule has 1 unspecified atom stereocenters. The van der Waals surface area contributed by atoms with Gasteiger partial charge in [-0.25, -0.2) is 4.98 Å². The van der Waals surface area contributed by atoms with Crippen LogP contribution in [0.15, 0.2) is 6.20 Å². The van der Waals surface area contributed by atoms with Crippen LogP contribution in [0.3, 0.4) is 0 Å². The van der Waals surface area contributed by atoms with Crippen molar-refractivity contribution in [2.75, 3.05) is 0 Å². The second kappa shape index (κ2) is 4.64. The summed E-state index contributed by atoms with van der Waals surface area (Å²) in [5.74, 6) is 0. The number of aryl methyl sites for hydroxylation is 2. The number of aliphatic hydroxyl groups is 1. The number of aliphatic hydroxyl groups excluding tert-OH is 1. The summed E-state index contributed by atoms with van der Waals surface area (Å²) in [7, 11) is 0. The normalized spacial score (nSPS) is 14.3. The largest absolute Gasteiger partial charge is 0.392 e. The number of rotatable bonds is 4. The number of thiazole rings is 1. The van der Waals surface area contributed by atoms with Crippen LogP contribution in [0, 0.1) is 13.8 Å². The van der Waals surface area contributed by atoms with E-state index < -0.39 is 6.10 Å². The van der Waals surface area contributed by atoms with Crippen molar-refractivity contribution in [1.82, 2.24) is 14.7 Å². The van der Waals surface area contributed by atoms with Crippen molar-refractivity contribution >= 4 is 16.3 Å². The average Bonchev–Trinajstić information content (AvgIpc) is 2.71. The first-order chi connectivity index (χ1) is 8.31. The monoisotopic (exact) mass is 267 g/mol. The highest BCUT2D eigenvalue weighted by Crippen LogP contribution is 2.21. The van der Waals surface area contributed by atoms with Gasteiger partial charge in [-0.15, -0.1) is 11.3 Å². The van der Waals surface area contributed by atoms with Crippen molar-refractivity contribution in [2.24, 2.45) is 0 Å². The summed E-state index contributed by atoms with van der Waals surface area (Å²) in [5, 5.41) is 13.1. The zero-order chi connectivity index (χ0) is 13.5. The number of hydrogen-bond acceptors (Lipinski definition) is 4. The third-order valence-electron chi connectivity index (χ3n) is 3.50. The van der Waals surface area contributed by atoms with Gasteiger partial charge >= 0.3 is 0 Å². The molecule has 100 valence electrons. The van der Waals surface area contributed by atoms with Crippen LogP contribution in [0.25, 0.3) is 4.96 Å². The van der Waals surface area contributed by atoms with Crippen LogP contribution in [-0.2, 0) is 6.54 Å². The molecule has 0 saturated heterocycles. The highest BCUT2D eigenvalue weighted by Gasteiger charge is 2.24. The molecule has 18 heavy (non-hydrogen) atoms. The van der Waals surface area contributed by atoms with Crippen LogP contribution in [0.1, 0.15) is 37.0 Å². The van der Waals surface area contributed by atoms with Crippen molar-refractivity contribution in [2.45, 2.75) is 52.8 Å². The first-order valence-corrected chi connectivity index (χ1v) is 7.00. The molecule has 0 spiro atoms. The van der Waals surface area contributed by atoms with E-state index in [-0.39, 0.29) is 5.54 Å². The van der Waals surface area contributed by atoms with Crippen molar-refractivity contribution in [3.05, 3.63) is 22.5 Å². The predicted octanol–water partition coefficient (Wildman–Crippen LogP) is 2.26. The van der Waals surface area contributed by atoms with Gasteiger partial charge in [-0.3, -0.25) is 4.40 Å². The third kappa shape index (κ3) is 2.43. The maximum atomic E-state index is 9.71. The van der Waals surface area contributed by atoms with Crippen LogP contribution in [0.2, 0.25) is 0 Å². The Kier molecular flexibility index (Phi) is 3.49. The fourth-order valence-corrected chi connectivity index (χ4v) is 2.67. The maximum Gasteiger partial charge on any atom is 0.194 e. The lowest BCUT2D eigenvalue weighted by atomic mass is 9.99. The Hall–Kier alpha value is -0.910. The summed E-state index contributed by atoms with van der Waals surface area (Å²) in [5.41, 5.74) is 1.92. The Morgan fingerprint density at radius 2 is 2.17 bits per heavy atom. The van der Waals surface area contributed by atoms with Gasteiger partial charge in [0.2, 0.25) is 0 Å². The van der Waals surface area contributed by atoms with Crippen molar-refractivity contribution in [3.8, 4) is 0 Å². The Morgan fingerprint density at radius 1 is 1.50 bits per heavy atom. The number of hydrogen-bond donors (Lipinski definition) is 2. The van der Waals surface area contributed by atoms with E-state index in [9.17, 15) is 5.11 Å². The fraction of sp³-hybridized carbons (Fsp3) is 0.615. The summed E-state index contributed by atoms with van der Waals surface area (Å²) < 4.78 is 2.14. The van der Waals surface area contributed by atoms with E-state index in [1.54, 1.807) is 18.3 Å². The zero-order valence-electron chi connectivity index (χ0n) is 11.6. The van der Waals surface area contributed by atoms with Crippen molar-refractivity contribution in [3.63, 3.8) is 0 Å². The van der Waals surface area contributed by atoms with E-state index >= 15 is 0 Å². The molecule has 0 bridgehead atoms. The molecule has 0 aliphatic rings. The van der Waals surface area contributed by atoms with Crippen LogP contribution in [0.4, 0.5) is 0 Å². The molecule has 1 atom stereocenters. The van der Waals surface area contributed by atoms with Crippen LogP contribution < -0.4 is 5.32 Å². The van der Waals surface area contributed by atoms with E-state index in [1.165, 1.54) is 10.6 Å². The van der Waals surface area contributed by atoms with Crippen LogP contribution in [0.5, 0.6) is 0 Å². The van der Waals surface area contributed by atoms with Gasteiger partial charge < -0.3 is 10.4 Å². The van der Waals surface area contributed by atoms with Gasteiger partial charge in [0.15, 0.2) is 4.96 Å². The molecule has 0 amide bonds. The van der Waals surface area contributed by atoms with Gasteiger partial charge in [0.1, 0.15) is 0 Å². The summed E-state index contributed by atoms with van der Waals surface area (Å²) in [6.07, 6.45) is 1.72. The van der Waals surface area contributed by atoms with E-state index in [0.29, 0.717) is 6.54 Å². The number of nitrogens with one attached hydrogen (secondary N) is 1. The van der Waals surface area contributed by atoms with Gasteiger partial charge in [-0.05, 0) is 34.6 Å². The molecule has 0 aliphatic heterocycles. The predicted molar refractivity (Wildman–Crippen MR) is 75.1 cm³/mol. The number of nitrogens with zero attached hydrogens (tertiary/aromatic N) is 2. The number of fused-ring (bicyclic) bond motifs is 1. The van der Waals surface area contributed by atoms with E-state index in [1.807, 2.05) is 20.8 Å². The van der Waals surface area contributed by atoms with Gasteiger partial charge in [0.25, 0.3) is 0 Å². The molecular weight excluding hydrogens is 246 g/mol. The Labute approximate surface area is 112 Å². The molecule has 2 aromatic heterocycles. The molecule has 0 saturated carbocycles. The lowest BCUT2D eigenvalue weighted by Crippen LogP contribution is -2.47. The average molecular weight is 267 g/mol. The molecule has 4 nitrogen and oxygen atoms in total. The quantitative estimate of drug-likeness (QED) is 0.893. The first-order valence-electron chi connectivity index (χ1n) is 6.18. The van der Waals surface area contributed by atoms with Gasteiger partial charge in [0, 0.05) is 23.2 Å². The molecule has 0 radical (unpaired) electrons. The van der Waals surface area contributed by atoms with Gasteiger partial charge in [0.05, 0.1) is 17.5 Å². The van der Waals surface area contributed by atoms with Crippen molar-refractivity contribution < 1.29 is 5.11 Å². The van der Waals surface area contributed by atoms with E-state index in [2.05, 4.69) is 27.8 Å². The second-order valence-electron chi connectivity index (χ2n) is 5.39. The van der Waals surface area contributed by atoms with Crippen LogP contribution >= 0.6 is 11.3 Å². The first kappa shape index (κ1) is 13.5. The standard InChI is InChI=1S/C13H21N3OS/c1-8-7-16-11(9(2)15-12(16)18-8)6-14-13(4,5)10(3)17/h7,10,14,17H,6H2,1-5H3. The molecule has 2 heterocycles. The second-order valence-corrected chi connectivity index (χ2v) is 6.60. The van der Waals surface area contributed by atoms with Crippen molar-refractivity contribution in [1.29, 1.82) is 0 Å². The minimum absolute atomic E-state index is 0.304. The van der Waals surface area contributed by atoms with Crippen LogP contribution in [-0.4, -0.2) is 26.1 Å². The zero-order valence-corrected chi connectivity index (χ0v) is 12.4. The minimum Gasteiger partial charge on any atom is -0.392 e. The summed E-state index contributed by atoms with van der Waals surface area (Å²) in [6.45, 7) is 10.6. The topological polar surface area (TPSA) is 49.6 Å². The SMILES string of the molecule is Cc1cn2c(CNC(C)(C)C(C)O)c(C)nc2s1. The molecule has 2 N–H and O–H groups in total. The summed E-state index contributed by atoms with van der Waals surface area (Å²) >= 11 is 1.70. The Morgan fingerprint density at radius 3 is 2.78 bits per heavy atom. The smallest absolute Gasteiger partial charge is 0.194 e. The fourth-order valence-electron chi connectivity index (χ4n) is 1.78. The maximum absolute atomic E-state index is 9.71. The van der Waals surface area contributed by atoms with Gasteiger partial charge in [-0.1, -0.05) is 0 Å². The van der Waals surface area contributed by atoms with E-state index in [4.69, 9.17) is 0 Å². The molecular formula is C13H21N3OS. The highest BCUT2D eigenvalue weighted by atomic mass is 32.1. The summed E-state index contributed by atoms with van der Waals surface area (Å²) in [6, 6.07) is 0. The number of aromatic nitrogens is 2. The molecule has 0 aromatic carbocycles. The highest BCUT2D eigenvalue weighted by molar-refractivity contribution is 7.17. The molecule has 2 rings (SSSR count). The lowest BCUT2D eigenvalue weighted by molar-refractivity contribution is 0.0953. The van der Waals surface area contributed by atoms with Gasteiger partial charge in [-0.2, -0.15) is 0 Å². The molecule has 0 fully saturated rings. The van der Waals surface area contributed by atoms with E-state index in [0.717, 1.165) is 10.7 Å². The third-order valence-corrected chi connectivity index (χ3v) is 4.39. The molecule has 2 aromatic rings.